The van der Waals surface area contributed by atoms with Crippen LogP contribution < -0.4 is 11.1 Å². The minimum atomic E-state index is 0.247. The van der Waals surface area contributed by atoms with Gasteiger partial charge in [0.1, 0.15) is 0 Å². The van der Waals surface area contributed by atoms with E-state index in [0.717, 1.165) is 15.8 Å². The van der Waals surface area contributed by atoms with Gasteiger partial charge in [-0.25, -0.2) is 0 Å². The summed E-state index contributed by atoms with van der Waals surface area (Å²) in [6.07, 6.45) is 0. The van der Waals surface area contributed by atoms with Crippen LogP contribution in [0.5, 0.6) is 0 Å². The number of methoxy groups -OCH3 is 1. The van der Waals surface area contributed by atoms with Gasteiger partial charge < -0.3 is 15.8 Å². The number of anilines is 2. The number of ether oxygens (including phenoxy) is 1. The van der Waals surface area contributed by atoms with Gasteiger partial charge >= 0.3 is 0 Å². The fourth-order valence-electron chi connectivity index (χ4n) is 1.21. The smallest absolute Gasteiger partial charge is 0.0661 e. The third-order valence-electron chi connectivity index (χ3n) is 1.83. The molecule has 0 spiro atoms. The molecule has 0 bridgehead atoms. The molecule has 0 amide bonds. The van der Waals surface area contributed by atoms with Gasteiger partial charge in [0.2, 0.25) is 0 Å². The van der Waals surface area contributed by atoms with Crippen molar-refractivity contribution in [2.45, 2.75) is 13.0 Å². The molecule has 78 valence electrons. The summed E-state index contributed by atoms with van der Waals surface area (Å²) in [6, 6.07) is 5.99. The molecule has 0 saturated carbocycles. The van der Waals surface area contributed by atoms with Crippen molar-refractivity contribution in [3.8, 4) is 0 Å². The zero-order valence-corrected chi connectivity index (χ0v) is 9.97. The zero-order chi connectivity index (χ0) is 10.6. The van der Waals surface area contributed by atoms with Crippen molar-refractivity contribution in [3.63, 3.8) is 0 Å². The van der Waals surface area contributed by atoms with Crippen molar-refractivity contribution >= 4 is 27.3 Å². The molecule has 1 aromatic carbocycles. The fraction of sp³-hybridized carbons (Fsp3) is 0.400. The molecule has 1 atom stereocenters. The highest BCUT2D eigenvalue weighted by atomic mass is 79.9. The van der Waals surface area contributed by atoms with E-state index in [4.69, 9.17) is 10.5 Å². The summed E-state index contributed by atoms with van der Waals surface area (Å²) in [5.41, 5.74) is 7.49. The van der Waals surface area contributed by atoms with Gasteiger partial charge in [-0.3, -0.25) is 0 Å². The van der Waals surface area contributed by atoms with Crippen LogP contribution in [0.25, 0.3) is 0 Å². The molecule has 0 aromatic heterocycles. The van der Waals surface area contributed by atoms with Crippen LogP contribution in [0.2, 0.25) is 0 Å². The van der Waals surface area contributed by atoms with E-state index in [1.807, 2.05) is 25.1 Å². The number of hydrogen-bond acceptors (Lipinski definition) is 3. The molecule has 1 aromatic rings. The van der Waals surface area contributed by atoms with E-state index in [-0.39, 0.29) is 6.04 Å². The summed E-state index contributed by atoms with van der Waals surface area (Å²) in [7, 11) is 1.68. The van der Waals surface area contributed by atoms with Crippen molar-refractivity contribution in [1.82, 2.24) is 0 Å². The topological polar surface area (TPSA) is 47.3 Å². The van der Waals surface area contributed by atoms with E-state index >= 15 is 0 Å². The first-order valence-corrected chi connectivity index (χ1v) is 5.23. The number of halogens is 1. The summed E-state index contributed by atoms with van der Waals surface area (Å²) in [5, 5.41) is 3.27. The van der Waals surface area contributed by atoms with Crippen LogP contribution >= 0.6 is 15.9 Å². The highest BCUT2D eigenvalue weighted by Gasteiger charge is 2.04. The number of benzene rings is 1. The molecule has 0 aliphatic heterocycles. The molecule has 0 aliphatic rings. The molecular weight excluding hydrogens is 244 g/mol. The fourth-order valence-corrected chi connectivity index (χ4v) is 1.57. The molecule has 1 rings (SSSR count). The average molecular weight is 259 g/mol. The maximum absolute atomic E-state index is 5.81. The van der Waals surface area contributed by atoms with Crippen LogP contribution in [0.15, 0.2) is 22.7 Å². The lowest BCUT2D eigenvalue weighted by Crippen LogP contribution is -2.21. The lowest BCUT2D eigenvalue weighted by molar-refractivity contribution is 0.190. The highest BCUT2D eigenvalue weighted by molar-refractivity contribution is 9.10. The van der Waals surface area contributed by atoms with Gasteiger partial charge in [-0.05, 0) is 25.1 Å². The summed E-state index contributed by atoms with van der Waals surface area (Å²) in [4.78, 5) is 0. The molecule has 4 heteroatoms. The Morgan fingerprint density at radius 2 is 2.29 bits per heavy atom. The van der Waals surface area contributed by atoms with Gasteiger partial charge in [-0.15, -0.1) is 0 Å². The van der Waals surface area contributed by atoms with Gasteiger partial charge in [-0.1, -0.05) is 15.9 Å². The van der Waals surface area contributed by atoms with Crippen molar-refractivity contribution in [2.75, 3.05) is 24.8 Å². The summed E-state index contributed by atoms with van der Waals surface area (Å²) in [6.45, 7) is 2.70. The molecule has 0 fully saturated rings. The van der Waals surface area contributed by atoms with Crippen molar-refractivity contribution in [1.29, 1.82) is 0 Å². The van der Waals surface area contributed by atoms with Crippen LogP contribution in [0.1, 0.15) is 6.92 Å². The van der Waals surface area contributed by atoms with E-state index in [9.17, 15) is 0 Å². The van der Waals surface area contributed by atoms with E-state index in [1.165, 1.54) is 0 Å². The Morgan fingerprint density at radius 3 is 2.93 bits per heavy atom. The van der Waals surface area contributed by atoms with E-state index in [0.29, 0.717) is 6.61 Å². The first kappa shape index (κ1) is 11.3. The highest BCUT2D eigenvalue weighted by Crippen LogP contribution is 2.23. The van der Waals surface area contributed by atoms with Crippen molar-refractivity contribution in [3.05, 3.63) is 22.7 Å². The standard InChI is InChI=1S/C10H15BrN2O/c1-7(6-14-2)13-10-5-8(11)3-4-9(10)12/h3-5,7,13H,6,12H2,1-2H3. The van der Waals surface area contributed by atoms with E-state index in [2.05, 4.69) is 21.2 Å². The van der Waals surface area contributed by atoms with Crippen molar-refractivity contribution < 1.29 is 4.74 Å². The first-order valence-electron chi connectivity index (χ1n) is 4.44. The molecule has 3 nitrogen and oxygen atoms in total. The Balaban J connectivity index is 2.70. The van der Waals surface area contributed by atoms with Crippen LogP contribution in [0.4, 0.5) is 11.4 Å². The maximum Gasteiger partial charge on any atom is 0.0661 e. The number of nitrogens with one attached hydrogen (secondary N) is 1. The Morgan fingerprint density at radius 1 is 1.57 bits per heavy atom. The monoisotopic (exact) mass is 258 g/mol. The molecule has 0 aliphatic carbocycles. The Kier molecular flexibility index (Phi) is 4.22. The van der Waals surface area contributed by atoms with E-state index in [1.54, 1.807) is 7.11 Å². The molecular formula is C10H15BrN2O. The molecule has 0 saturated heterocycles. The Hall–Kier alpha value is -0.740. The van der Waals surface area contributed by atoms with Crippen LogP contribution in [-0.4, -0.2) is 19.8 Å². The second-order valence-electron chi connectivity index (χ2n) is 3.23. The van der Waals surface area contributed by atoms with Gasteiger partial charge in [0.05, 0.1) is 18.0 Å². The zero-order valence-electron chi connectivity index (χ0n) is 8.38. The molecule has 3 N–H and O–H groups in total. The summed E-state index contributed by atoms with van der Waals surface area (Å²) in [5.74, 6) is 0. The second-order valence-corrected chi connectivity index (χ2v) is 4.15. The van der Waals surface area contributed by atoms with Gasteiger partial charge in [0.25, 0.3) is 0 Å². The third-order valence-corrected chi connectivity index (χ3v) is 2.33. The molecule has 1 unspecified atom stereocenters. The van der Waals surface area contributed by atoms with E-state index < -0.39 is 0 Å². The predicted octanol–water partition coefficient (Wildman–Crippen LogP) is 2.48. The number of nitrogens with two attached hydrogens (primary N) is 1. The number of hydrogen-bond donors (Lipinski definition) is 2. The van der Waals surface area contributed by atoms with Crippen molar-refractivity contribution in [2.24, 2.45) is 0 Å². The molecule has 14 heavy (non-hydrogen) atoms. The minimum absolute atomic E-state index is 0.247. The lowest BCUT2D eigenvalue weighted by atomic mass is 10.2. The summed E-state index contributed by atoms with van der Waals surface area (Å²) >= 11 is 3.40. The molecule has 0 radical (unpaired) electrons. The lowest BCUT2D eigenvalue weighted by Gasteiger charge is -2.16. The van der Waals surface area contributed by atoms with Gasteiger partial charge in [-0.2, -0.15) is 0 Å². The van der Waals surface area contributed by atoms with Crippen LogP contribution in [0.3, 0.4) is 0 Å². The Labute approximate surface area is 92.8 Å². The average Bonchev–Trinajstić information content (AvgIpc) is 2.12. The van der Waals surface area contributed by atoms with Crippen LogP contribution in [0, 0.1) is 0 Å². The third kappa shape index (κ3) is 3.20. The summed E-state index contributed by atoms with van der Waals surface area (Å²) < 4.78 is 6.04. The van der Waals surface area contributed by atoms with Crippen LogP contribution in [-0.2, 0) is 4.74 Å². The Bertz CT molecular complexity index is 304. The number of rotatable bonds is 4. The molecule has 0 heterocycles. The predicted molar refractivity (Wildman–Crippen MR) is 63.5 cm³/mol. The largest absolute Gasteiger partial charge is 0.397 e. The SMILES string of the molecule is COCC(C)Nc1cc(Br)ccc1N. The quantitative estimate of drug-likeness (QED) is 0.816. The van der Waals surface area contributed by atoms with Gasteiger partial charge in [0, 0.05) is 17.6 Å². The second kappa shape index (κ2) is 5.22. The minimum Gasteiger partial charge on any atom is -0.397 e. The first-order chi connectivity index (χ1) is 6.63. The van der Waals surface area contributed by atoms with Gasteiger partial charge in [0.15, 0.2) is 0 Å². The normalized spacial score (nSPS) is 12.5. The number of nitrogen functional groups attached to an aromatic ring is 1. The maximum atomic E-state index is 5.81.